The monoisotopic (exact) mass is 318 g/mol. The molecule has 1 aliphatic heterocycles. The van der Waals surface area contributed by atoms with Gasteiger partial charge in [-0.1, -0.05) is 35.9 Å². The van der Waals surface area contributed by atoms with E-state index in [1.54, 1.807) is 0 Å². The highest BCUT2D eigenvalue weighted by Gasteiger charge is 2.23. The summed E-state index contributed by atoms with van der Waals surface area (Å²) in [6, 6.07) is 14.8. The maximum absolute atomic E-state index is 13.2. The van der Waals surface area contributed by atoms with E-state index < -0.39 is 0 Å². The minimum Gasteiger partial charge on any atom is -0.382 e. The van der Waals surface area contributed by atoms with Gasteiger partial charge in [0.05, 0.1) is 16.8 Å². The summed E-state index contributed by atoms with van der Waals surface area (Å²) in [5.41, 5.74) is 2.08. The molecule has 1 atom stereocenters. The first-order chi connectivity index (χ1) is 10.7. The van der Waals surface area contributed by atoms with Gasteiger partial charge in [-0.05, 0) is 55.8 Å². The summed E-state index contributed by atoms with van der Waals surface area (Å²) >= 11 is 6.21. The Hall–Kier alpha value is -1.58. The van der Waals surface area contributed by atoms with Gasteiger partial charge in [0.1, 0.15) is 5.82 Å². The number of nitrogens with zero attached hydrogens (tertiary/aromatic N) is 1. The normalized spacial score (nSPS) is 16.6. The van der Waals surface area contributed by atoms with Crippen molar-refractivity contribution in [2.45, 2.75) is 18.9 Å². The Labute approximate surface area is 135 Å². The van der Waals surface area contributed by atoms with Crippen molar-refractivity contribution in [1.29, 1.82) is 0 Å². The number of hydrogen-bond donors (Lipinski definition) is 1. The lowest BCUT2D eigenvalue weighted by atomic mass is 10.1. The molecule has 0 bridgehead atoms. The molecule has 2 nitrogen and oxygen atoms in total. The third-order valence-electron chi connectivity index (χ3n) is 4.20. The van der Waals surface area contributed by atoms with Gasteiger partial charge in [0.15, 0.2) is 0 Å². The molecule has 0 amide bonds. The number of para-hydroxylation sites is 1. The standard InChI is InChI=1S/C18H20ClFN2/c19-16-5-1-2-6-17(16)21-13-18(22-11-3-4-12-22)14-7-9-15(20)10-8-14/h1-2,5-10,18,21H,3-4,11-13H2. The van der Waals surface area contributed by atoms with Gasteiger partial charge in [-0.15, -0.1) is 0 Å². The molecule has 0 radical (unpaired) electrons. The molecule has 1 N–H and O–H groups in total. The molecule has 1 fully saturated rings. The minimum absolute atomic E-state index is 0.192. The molecule has 2 aromatic rings. The van der Waals surface area contributed by atoms with Crippen molar-refractivity contribution in [3.63, 3.8) is 0 Å². The van der Waals surface area contributed by atoms with Crippen LogP contribution in [0.15, 0.2) is 48.5 Å². The van der Waals surface area contributed by atoms with Gasteiger partial charge in [-0.2, -0.15) is 0 Å². The fourth-order valence-electron chi connectivity index (χ4n) is 3.01. The average Bonchev–Trinajstić information content (AvgIpc) is 3.05. The molecule has 0 saturated carbocycles. The molecule has 1 unspecified atom stereocenters. The van der Waals surface area contributed by atoms with E-state index in [2.05, 4.69) is 10.2 Å². The molecule has 1 heterocycles. The minimum atomic E-state index is -0.192. The van der Waals surface area contributed by atoms with Crippen LogP contribution in [0.4, 0.5) is 10.1 Å². The number of benzene rings is 2. The number of anilines is 1. The number of likely N-dealkylation sites (tertiary alicyclic amines) is 1. The quantitative estimate of drug-likeness (QED) is 0.857. The first-order valence-corrected chi connectivity index (χ1v) is 8.10. The maximum Gasteiger partial charge on any atom is 0.123 e. The lowest BCUT2D eigenvalue weighted by Crippen LogP contribution is -2.31. The summed E-state index contributed by atoms with van der Waals surface area (Å²) in [4.78, 5) is 2.46. The van der Waals surface area contributed by atoms with Gasteiger partial charge in [-0.25, -0.2) is 4.39 Å². The summed E-state index contributed by atoms with van der Waals surface area (Å²) < 4.78 is 13.2. The summed E-state index contributed by atoms with van der Waals surface area (Å²) in [6.45, 7) is 2.94. The van der Waals surface area contributed by atoms with E-state index >= 15 is 0 Å². The summed E-state index contributed by atoms with van der Waals surface area (Å²) in [6.07, 6.45) is 2.45. The highest BCUT2D eigenvalue weighted by Crippen LogP contribution is 2.27. The molecule has 0 aromatic heterocycles. The number of hydrogen-bond acceptors (Lipinski definition) is 2. The van der Waals surface area contributed by atoms with Crippen molar-refractivity contribution in [1.82, 2.24) is 4.90 Å². The molecular formula is C18H20ClFN2. The summed E-state index contributed by atoms with van der Waals surface area (Å²) in [5.74, 6) is -0.192. The predicted molar refractivity (Wildman–Crippen MR) is 89.9 cm³/mol. The Balaban J connectivity index is 1.76. The summed E-state index contributed by atoms with van der Waals surface area (Å²) in [5, 5.41) is 4.16. The van der Waals surface area contributed by atoms with Crippen molar-refractivity contribution in [2.75, 3.05) is 25.0 Å². The second-order valence-corrected chi connectivity index (χ2v) is 6.08. The van der Waals surface area contributed by atoms with E-state index in [4.69, 9.17) is 11.6 Å². The smallest absolute Gasteiger partial charge is 0.123 e. The van der Waals surface area contributed by atoms with E-state index in [0.717, 1.165) is 35.9 Å². The van der Waals surface area contributed by atoms with Gasteiger partial charge < -0.3 is 5.32 Å². The Morgan fingerprint density at radius 2 is 1.73 bits per heavy atom. The fourth-order valence-corrected chi connectivity index (χ4v) is 3.21. The second-order valence-electron chi connectivity index (χ2n) is 5.67. The molecule has 116 valence electrons. The highest BCUT2D eigenvalue weighted by atomic mass is 35.5. The van der Waals surface area contributed by atoms with Gasteiger partial charge in [0.2, 0.25) is 0 Å². The van der Waals surface area contributed by atoms with Gasteiger partial charge in [0, 0.05) is 6.54 Å². The van der Waals surface area contributed by atoms with Crippen LogP contribution in [0.3, 0.4) is 0 Å². The Kier molecular flexibility index (Phi) is 4.96. The van der Waals surface area contributed by atoms with Gasteiger partial charge >= 0.3 is 0 Å². The third kappa shape index (κ3) is 3.60. The molecule has 3 rings (SSSR count). The Morgan fingerprint density at radius 1 is 1.05 bits per heavy atom. The first-order valence-electron chi connectivity index (χ1n) is 7.72. The second kappa shape index (κ2) is 7.12. The zero-order chi connectivity index (χ0) is 15.4. The Morgan fingerprint density at radius 3 is 2.41 bits per heavy atom. The lowest BCUT2D eigenvalue weighted by Gasteiger charge is -2.28. The number of nitrogens with one attached hydrogen (secondary N) is 1. The lowest BCUT2D eigenvalue weighted by molar-refractivity contribution is 0.256. The molecule has 2 aromatic carbocycles. The van der Waals surface area contributed by atoms with E-state index in [9.17, 15) is 4.39 Å². The highest BCUT2D eigenvalue weighted by molar-refractivity contribution is 6.33. The van der Waals surface area contributed by atoms with Crippen LogP contribution in [0.25, 0.3) is 0 Å². The largest absolute Gasteiger partial charge is 0.382 e. The SMILES string of the molecule is Fc1ccc(C(CNc2ccccc2Cl)N2CCCC2)cc1. The number of halogens is 2. The zero-order valence-electron chi connectivity index (χ0n) is 12.4. The molecule has 1 saturated heterocycles. The molecule has 4 heteroatoms. The molecule has 0 spiro atoms. The predicted octanol–water partition coefficient (Wildman–Crippen LogP) is 4.73. The van der Waals surface area contributed by atoms with Crippen molar-refractivity contribution < 1.29 is 4.39 Å². The van der Waals surface area contributed by atoms with E-state index in [1.165, 1.54) is 25.0 Å². The van der Waals surface area contributed by atoms with E-state index in [-0.39, 0.29) is 11.9 Å². The molecular weight excluding hydrogens is 299 g/mol. The molecule has 0 aliphatic carbocycles. The van der Waals surface area contributed by atoms with Crippen molar-refractivity contribution in [3.05, 3.63) is 64.9 Å². The van der Waals surface area contributed by atoms with Crippen LogP contribution in [-0.4, -0.2) is 24.5 Å². The van der Waals surface area contributed by atoms with Crippen LogP contribution in [0, 0.1) is 5.82 Å². The van der Waals surface area contributed by atoms with Crippen molar-refractivity contribution in [2.24, 2.45) is 0 Å². The van der Waals surface area contributed by atoms with Crippen LogP contribution in [0.2, 0.25) is 5.02 Å². The topological polar surface area (TPSA) is 15.3 Å². The average molecular weight is 319 g/mol. The van der Waals surface area contributed by atoms with Crippen LogP contribution in [0.1, 0.15) is 24.4 Å². The van der Waals surface area contributed by atoms with Gasteiger partial charge in [0.25, 0.3) is 0 Å². The van der Waals surface area contributed by atoms with Crippen molar-refractivity contribution in [3.8, 4) is 0 Å². The molecule has 1 aliphatic rings. The van der Waals surface area contributed by atoms with Crippen LogP contribution in [-0.2, 0) is 0 Å². The Bertz CT molecular complexity index is 609. The maximum atomic E-state index is 13.2. The number of rotatable bonds is 5. The molecule has 22 heavy (non-hydrogen) atoms. The zero-order valence-corrected chi connectivity index (χ0v) is 13.2. The fraction of sp³-hybridized carbons (Fsp3) is 0.333. The van der Waals surface area contributed by atoms with Gasteiger partial charge in [-0.3, -0.25) is 4.90 Å². The van der Waals surface area contributed by atoms with E-state index in [0.29, 0.717) is 0 Å². The van der Waals surface area contributed by atoms with Crippen LogP contribution in [0.5, 0.6) is 0 Å². The van der Waals surface area contributed by atoms with Crippen LogP contribution < -0.4 is 5.32 Å². The van der Waals surface area contributed by atoms with Crippen LogP contribution >= 0.6 is 11.6 Å². The van der Waals surface area contributed by atoms with Crippen molar-refractivity contribution >= 4 is 17.3 Å². The third-order valence-corrected chi connectivity index (χ3v) is 4.53. The first kappa shape index (κ1) is 15.3. The van der Waals surface area contributed by atoms with E-state index in [1.807, 2.05) is 36.4 Å². The summed E-state index contributed by atoms with van der Waals surface area (Å²) in [7, 11) is 0.